The van der Waals surface area contributed by atoms with Crippen molar-refractivity contribution in [3.8, 4) is 0 Å². The molecule has 0 aliphatic heterocycles. The lowest BCUT2D eigenvalue weighted by Gasteiger charge is -2.28. The molecule has 5 nitrogen and oxygen atoms in total. The minimum Gasteiger partial charge on any atom is -0.356 e. The zero-order valence-electron chi connectivity index (χ0n) is 13.6. The Labute approximate surface area is 128 Å². The third kappa shape index (κ3) is 4.76. The highest BCUT2D eigenvalue weighted by Gasteiger charge is 2.19. The second-order valence-corrected chi connectivity index (χ2v) is 6.05. The largest absolute Gasteiger partial charge is 0.356 e. The van der Waals surface area contributed by atoms with Gasteiger partial charge in [0.15, 0.2) is 5.96 Å². The van der Waals surface area contributed by atoms with Crippen molar-refractivity contribution in [2.45, 2.75) is 45.6 Å². The third-order valence-electron chi connectivity index (χ3n) is 4.68. The number of nitrogens with zero attached hydrogens (tertiary/aromatic N) is 3. The normalized spacial score (nSPS) is 23.1. The van der Waals surface area contributed by atoms with E-state index in [2.05, 4.69) is 27.6 Å². The predicted octanol–water partition coefficient (Wildman–Crippen LogP) is 2.30. The van der Waals surface area contributed by atoms with E-state index < -0.39 is 0 Å². The summed E-state index contributed by atoms with van der Waals surface area (Å²) in [7, 11) is 3.78. The van der Waals surface area contributed by atoms with Crippen LogP contribution in [-0.4, -0.2) is 29.3 Å². The smallest absolute Gasteiger partial charge is 0.191 e. The van der Waals surface area contributed by atoms with Crippen molar-refractivity contribution in [3.05, 3.63) is 18.0 Å². The van der Waals surface area contributed by atoms with Gasteiger partial charge in [-0.15, -0.1) is 0 Å². The molecule has 0 radical (unpaired) electrons. The maximum atomic E-state index is 4.30. The number of nitrogens with one attached hydrogen (secondary N) is 2. The average molecular weight is 291 g/mol. The van der Waals surface area contributed by atoms with Gasteiger partial charge < -0.3 is 10.6 Å². The molecule has 0 atom stereocenters. The summed E-state index contributed by atoms with van der Waals surface area (Å²) in [5, 5.41) is 11.0. The van der Waals surface area contributed by atoms with Crippen LogP contribution in [0.5, 0.6) is 0 Å². The summed E-state index contributed by atoms with van der Waals surface area (Å²) < 4.78 is 1.88. The molecule has 0 aromatic carbocycles. The number of guanidine groups is 1. The number of aliphatic imine (C=N–C) groups is 1. The van der Waals surface area contributed by atoms with Crippen molar-refractivity contribution in [3.63, 3.8) is 0 Å². The molecule has 0 bridgehead atoms. The Morgan fingerprint density at radius 1 is 1.29 bits per heavy atom. The lowest BCUT2D eigenvalue weighted by molar-refractivity contribution is 0.269. The molecule has 1 fully saturated rings. The minimum atomic E-state index is 0.749. The monoisotopic (exact) mass is 291 g/mol. The van der Waals surface area contributed by atoms with Crippen LogP contribution in [0, 0.1) is 11.8 Å². The fourth-order valence-corrected chi connectivity index (χ4v) is 3.05. The Hall–Kier alpha value is -1.52. The van der Waals surface area contributed by atoms with Crippen molar-refractivity contribution in [1.82, 2.24) is 20.4 Å². The highest BCUT2D eigenvalue weighted by molar-refractivity contribution is 5.79. The number of hydrogen-bond donors (Lipinski definition) is 2. The molecule has 0 unspecified atom stereocenters. The molecule has 1 heterocycles. The Morgan fingerprint density at radius 3 is 2.57 bits per heavy atom. The lowest BCUT2D eigenvalue weighted by atomic mass is 9.81. The van der Waals surface area contributed by atoms with E-state index in [1.807, 2.05) is 31.0 Å². The SMILES string of the molecule is CCC1CCC(CNC(=NC)NCc2ccnn2C)CC1. The summed E-state index contributed by atoms with van der Waals surface area (Å²) in [5.74, 6) is 2.64. The average Bonchev–Trinajstić information content (AvgIpc) is 2.93. The summed E-state index contributed by atoms with van der Waals surface area (Å²) in [6, 6.07) is 2.02. The first-order chi connectivity index (χ1) is 10.2. The molecule has 21 heavy (non-hydrogen) atoms. The van der Waals surface area contributed by atoms with E-state index in [9.17, 15) is 0 Å². The van der Waals surface area contributed by atoms with Crippen LogP contribution >= 0.6 is 0 Å². The molecule has 2 rings (SSSR count). The highest BCUT2D eigenvalue weighted by atomic mass is 15.3. The van der Waals surface area contributed by atoms with Gasteiger partial charge in [0.05, 0.1) is 12.2 Å². The standard InChI is InChI=1S/C16H29N5/c1-4-13-5-7-14(8-6-13)11-18-16(17-2)19-12-15-9-10-20-21(15)3/h9-10,13-14H,4-8,11-12H2,1-3H3,(H2,17,18,19). The van der Waals surface area contributed by atoms with E-state index in [1.54, 1.807) is 0 Å². The zero-order valence-corrected chi connectivity index (χ0v) is 13.6. The Balaban J connectivity index is 1.70. The van der Waals surface area contributed by atoms with Gasteiger partial charge in [0, 0.05) is 26.8 Å². The molecule has 1 aliphatic carbocycles. The van der Waals surface area contributed by atoms with Gasteiger partial charge >= 0.3 is 0 Å². The first-order valence-corrected chi connectivity index (χ1v) is 8.14. The number of rotatable bonds is 5. The summed E-state index contributed by atoms with van der Waals surface area (Å²) in [4.78, 5) is 4.30. The van der Waals surface area contributed by atoms with Crippen LogP contribution in [0.3, 0.4) is 0 Å². The van der Waals surface area contributed by atoms with Crippen molar-refractivity contribution < 1.29 is 0 Å². The predicted molar refractivity (Wildman–Crippen MR) is 87.1 cm³/mol. The van der Waals surface area contributed by atoms with E-state index in [-0.39, 0.29) is 0 Å². The van der Waals surface area contributed by atoms with Crippen molar-refractivity contribution in [2.75, 3.05) is 13.6 Å². The summed E-state index contributed by atoms with van der Waals surface area (Å²) >= 11 is 0. The van der Waals surface area contributed by atoms with Crippen LogP contribution in [0.2, 0.25) is 0 Å². The maximum Gasteiger partial charge on any atom is 0.191 e. The van der Waals surface area contributed by atoms with E-state index in [1.165, 1.54) is 32.1 Å². The molecule has 0 spiro atoms. The number of aromatic nitrogens is 2. The molecule has 2 N–H and O–H groups in total. The van der Waals surface area contributed by atoms with E-state index in [0.717, 1.165) is 36.6 Å². The van der Waals surface area contributed by atoms with Crippen LogP contribution in [-0.2, 0) is 13.6 Å². The molecule has 1 aromatic heterocycles. The summed E-state index contributed by atoms with van der Waals surface area (Å²) in [6.45, 7) is 4.09. The topological polar surface area (TPSA) is 54.2 Å². The molecule has 0 amide bonds. The van der Waals surface area contributed by atoms with Crippen molar-refractivity contribution >= 4 is 5.96 Å². The molecule has 1 aromatic rings. The van der Waals surface area contributed by atoms with E-state index in [0.29, 0.717) is 0 Å². The van der Waals surface area contributed by atoms with E-state index in [4.69, 9.17) is 0 Å². The van der Waals surface area contributed by atoms with Gasteiger partial charge in [0.2, 0.25) is 0 Å². The summed E-state index contributed by atoms with van der Waals surface area (Å²) in [6.07, 6.45) is 8.65. The quantitative estimate of drug-likeness (QED) is 0.646. The first kappa shape index (κ1) is 15.9. The van der Waals surface area contributed by atoms with Gasteiger partial charge in [0.1, 0.15) is 0 Å². The summed E-state index contributed by atoms with van der Waals surface area (Å²) in [5.41, 5.74) is 1.15. The highest BCUT2D eigenvalue weighted by Crippen LogP contribution is 2.29. The zero-order chi connectivity index (χ0) is 15.1. The molecule has 1 aliphatic rings. The fraction of sp³-hybridized carbons (Fsp3) is 0.750. The van der Waals surface area contributed by atoms with Crippen molar-refractivity contribution in [1.29, 1.82) is 0 Å². The van der Waals surface area contributed by atoms with Crippen molar-refractivity contribution in [2.24, 2.45) is 23.9 Å². The Bertz CT molecular complexity index is 443. The second kappa shape index (κ2) is 8.05. The minimum absolute atomic E-state index is 0.749. The molecular weight excluding hydrogens is 262 g/mol. The number of aryl methyl sites for hydroxylation is 1. The van der Waals surface area contributed by atoms with Gasteiger partial charge in [-0.3, -0.25) is 9.67 Å². The Morgan fingerprint density at radius 2 is 2.00 bits per heavy atom. The van der Waals surface area contributed by atoms with Crippen LogP contribution in [0.25, 0.3) is 0 Å². The lowest BCUT2D eigenvalue weighted by Crippen LogP contribution is -2.40. The van der Waals surface area contributed by atoms with Crippen LogP contribution in [0.15, 0.2) is 17.3 Å². The molecular formula is C16H29N5. The molecule has 118 valence electrons. The molecule has 1 saturated carbocycles. The van der Waals surface area contributed by atoms with Crippen LogP contribution in [0.4, 0.5) is 0 Å². The van der Waals surface area contributed by atoms with Crippen LogP contribution < -0.4 is 10.6 Å². The van der Waals surface area contributed by atoms with Crippen LogP contribution in [0.1, 0.15) is 44.7 Å². The van der Waals surface area contributed by atoms with E-state index >= 15 is 0 Å². The molecule has 0 saturated heterocycles. The van der Waals surface area contributed by atoms with Gasteiger partial charge in [0.25, 0.3) is 0 Å². The van der Waals surface area contributed by atoms with Gasteiger partial charge in [-0.2, -0.15) is 5.10 Å². The second-order valence-electron chi connectivity index (χ2n) is 6.05. The van der Waals surface area contributed by atoms with Gasteiger partial charge in [-0.1, -0.05) is 26.2 Å². The Kier molecular flexibility index (Phi) is 6.08. The molecule has 5 heteroatoms. The number of hydrogen-bond acceptors (Lipinski definition) is 2. The third-order valence-corrected chi connectivity index (χ3v) is 4.68. The fourth-order valence-electron chi connectivity index (χ4n) is 3.05. The maximum absolute atomic E-state index is 4.30. The first-order valence-electron chi connectivity index (χ1n) is 8.14. The van der Waals surface area contributed by atoms with Gasteiger partial charge in [-0.05, 0) is 30.7 Å². The van der Waals surface area contributed by atoms with Gasteiger partial charge in [-0.25, -0.2) is 0 Å².